The summed E-state index contributed by atoms with van der Waals surface area (Å²) in [6.45, 7) is 0. The molecule has 1 aliphatic rings. The largest absolute Gasteiger partial charge is 0.477 e. The lowest BCUT2D eigenvalue weighted by atomic mass is 10.0. The lowest BCUT2D eigenvalue weighted by molar-refractivity contribution is -0.384. The first-order chi connectivity index (χ1) is 14.6. The lowest BCUT2D eigenvalue weighted by Gasteiger charge is -2.32. The van der Waals surface area contributed by atoms with Gasteiger partial charge in [0.15, 0.2) is 17.6 Å². The molecule has 3 aromatic rings. The second-order valence-corrected chi connectivity index (χ2v) is 6.52. The molecule has 0 saturated heterocycles. The number of para-hydroxylation sites is 2. The molecule has 1 aliphatic heterocycles. The van der Waals surface area contributed by atoms with Crippen LogP contribution in [-0.2, 0) is 4.79 Å². The van der Waals surface area contributed by atoms with Crippen molar-refractivity contribution < 1.29 is 19.2 Å². The molecule has 4 rings (SSSR count). The number of hydrogen-bond acceptors (Lipinski definition) is 6. The van der Waals surface area contributed by atoms with Gasteiger partial charge in [-0.2, -0.15) is 5.10 Å². The average molecular weight is 403 g/mol. The second-order valence-electron chi connectivity index (χ2n) is 6.52. The van der Waals surface area contributed by atoms with E-state index in [1.165, 1.54) is 30.5 Å². The number of rotatable bonds is 5. The third kappa shape index (κ3) is 4.12. The summed E-state index contributed by atoms with van der Waals surface area (Å²) in [5, 5.41) is 14.7. The van der Waals surface area contributed by atoms with Crippen LogP contribution < -0.4 is 14.9 Å². The summed E-state index contributed by atoms with van der Waals surface area (Å²) < 4.78 is 12.0. The Balaban J connectivity index is 1.51. The number of non-ortho nitro benzene ring substituents is 1. The third-order valence-electron chi connectivity index (χ3n) is 4.51. The Kier molecular flexibility index (Phi) is 5.38. The minimum atomic E-state index is -0.948. The predicted octanol–water partition coefficient (Wildman–Crippen LogP) is 3.63. The standard InChI is InChI=1S/C22H17N3O5/c26-22(24-23-14-15-10-12-17(13-11-15)25(27)28)21-20(16-6-2-1-3-7-16)29-18-8-4-5-9-19(18)30-21/h1-14,20-21H,(H,24,26)/b23-14-/t20-,21-/m0/s1. The maximum absolute atomic E-state index is 12.8. The Morgan fingerprint density at radius 3 is 2.23 bits per heavy atom. The smallest absolute Gasteiger partial charge is 0.285 e. The van der Waals surface area contributed by atoms with E-state index in [4.69, 9.17) is 9.47 Å². The number of carbonyl (C=O) groups is 1. The van der Waals surface area contributed by atoms with E-state index >= 15 is 0 Å². The van der Waals surface area contributed by atoms with Gasteiger partial charge in [0.05, 0.1) is 11.1 Å². The van der Waals surface area contributed by atoms with Crippen LogP contribution >= 0.6 is 0 Å². The lowest BCUT2D eigenvalue weighted by Crippen LogP contribution is -2.44. The number of nitrogens with zero attached hydrogens (tertiary/aromatic N) is 2. The number of ether oxygens (including phenoxy) is 2. The van der Waals surface area contributed by atoms with Gasteiger partial charge in [-0.15, -0.1) is 0 Å². The summed E-state index contributed by atoms with van der Waals surface area (Å²) in [7, 11) is 0. The normalized spacial score (nSPS) is 17.5. The Morgan fingerprint density at radius 2 is 1.57 bits per heavy atom. The first-order valence-corrected chi connectivity index (χ1v) is 9.16. The van der Waals surface area contributed by atoms with Crippen molar-refractivity contribution >= 4 is 17.8 Å². The Hall–Kier alpha value is -4.20. The van der Waals surface area contributed by atoms with Crippen LogP contribution in [0.15, 0.2) is 84.0 Å². The minimum absolute atomic E-state index is 0.0201. The van der Waals surface area contributed by atoms with Crippen LogP contribution in [0.25, 0.3) is 0 Å². The van der Waals surface area contributed by atoms with Gasteiger partial charge >= 0.3 is 0 Å². The molecule has 0 aromatic heterocycles. The van der Waals surface area contributed by atoms with Gasteiger partial charge in [0, 0.05) is 12.1 Å². The Morgan fingerprint density at radius 1 is 0.933 bits per heavy atom. The first-order valence-electron chi connectivity index (χ1n) is 9.16. The average Bonchev–Trinajstić information content (AvgIpc) is 2.79. The van der Waals surface area contributed by atoms with Crippen LogP contribution in [0.3, 0.4) is 0 Å². The summed E-state index contributed by atoms with van der Waals surface area (Å²) in [4.78, 5) is 23.0. The fourth-order valence-corrected chi connectivity index (χ4v) is 3.03. The molecule has 3 aromatic carbocycles. The third-order valence-corrected chi connectivity index (χ3v) is 4.51. The van der Waals surface area contributed by atoms with Crippen LogP contribution in [-0.4, -0.2) is 23.1 Å². The van der Waals surface area contributed by atoms with Crippen molar-refractivity contribution in [2.75, 3.05) is 0 Å². The van der Waals surface area contributed by atoms with Gasteiger partial charge in [-0.25, -0.2) is 5.43 Å². The number of benzene rings is 3. The van der Waals surface area contributed by atoms with Crippen LogP contribution in [0, 0.1) is 10.1 Å². The summed E-state index contributed by atoms with van der Waals surface area (Å²) in [5.41, 5.74) is 3.84. The van der Waals surface area contributed by atoms with E-state index < -0.39 is 23.0 Å². The maximum atomic E-state index is 12.8. The number of nitrogens with one attached hydrogen (secondary N) is 1. The number of nitro benzene ring substituents is 1. The van der Waals surface area contributed by atoms with Crippen LogP contribution in [0.5, 0.6) is 11.5 Å². The van der Waals surface area contributed by atoms with E-state index in [0.717, 1.165) is 5.56 Å². The van der Waals surface area contributed by atoms with Crippen molar-refractivity contribution in [3.8, 4) is 11.5 Å². The number of carbonyl (C=O) groups excluding carboxylic acids is 1. The molecule has 0 unspecified atom stereocenters. The van der Waals surface area contributed by atoms with Crippen LogP contribution in [0.1, 0.15) is 17.2 Å². The van der Waals surface area contributed by atoms with Gasteiger partial charge in [0.25, 0.3) is 11.6 Å². The van der Waals surface area contributed by atoms with E-state index in [1.807, 2.05) is 36.4 Å². The molecule has 30 heavy (non-hydrogen) atoms. The number of hydrazone groups is 1. The summed E-state index contributed by atoms with van der Waals surface area (Å²) >= 11 is 0. The van der Waals surface area contributed by atoms with E-state index in [9.17, 15) is 14.9 Å². The molecule has 150 valence electrons. The molecular formula is C22H17N3O5. The van der Waals surface area contributed by atoms with Crippen LogP contribution in [0.4, 0.5) is 5.69 Å². The van der Waals surface area contributed by atoms with Crippen molar-refractivity contribution in [3.05, 3.63) is 100 Å². The van der Waals surface area contributed by atoms with Gasteiger partial charge in [-0.05, 0) is 35.4 Å². The molecule has 1 amide bonds. The fraction of sp³-hybridized carbons (Fsp3) is 0.0909. The Labute approximate surface area is 171 Å². The number of amides is 1. The van der Waals surface area contributed by atoms with Crippen molar-refractivity contribution in [2.24, 2.45) is 5.10 Å². The second kappa shape index (κ2) is 8.44. The SMILES string of the molecule is O=C(N/N=C\c1ccc([N+](=O)[O-])cc1)[C@H]1Oc2ccccc2O[C@H]1c1ccccc1. The molecule has 0 radical (unpaired) electrons. The molecule has 0 spiro atoms. The number of nitro groups is 1. The molecule has 0 aliphatic carbocycles. The zero-order chi connectivity index (χ0) is 20.9. The molecule has 8 heteroatoms. The van der Waals surface area contributed by atoms with Gasteiger partial charge in [-0.3, -0.25) is 14.9 Å². The van der Waals surface area contributed by atoms with Gasteiger partial charge in [-0.1, -0.05) is 42.5 Å². The van der Waals surface area contributed by atoms with E-state index in [-0.39, 0.29) is 5.69 Å². The zero-order valence-electron chi connectivity index (χ0n) is 15.7. The molecule has 0 bridgehead atoms. The summed E-state index contributed by atoms with van der Waals surface area (Å²) in [6, 6.07) is 22.3. The molecule has 0 fully saturated rings. The minimum Gasteiger partial charge on any atom is -0.477 e. The van der Waals surface area contributed by atoms with E-state index in [1.54, 1.807) is 18.2 Å². The van der Waals surface area contributed by atoms with Gasteiger partial charge in [0.2, 0.25) is 6.10 Å². The predicted molar refractivity (Wildman–Crippen MR) is 110 cm³/mol. The highest BCUT2D eigenvalue weighted by atomic mass is 16.6. The zero-order valence-corrected chi connectivity index (χ0v) is 15.7. The quantitative estimate of drug-likeness (QED) is 0.398. The van der Waals surface area contributed by atoms with E-state index in [2.05, 4.69) is 10.5 Å². The number of hydrogen-bond donors (Lipinski definition) is 1. The van der Waals surface area contributed by atoms with Crippen molar-refractivity contribution in [1.29, 1.82) is 0 Å². The molecule has 8 nitrogen and oxygen atoms in total. The van der Waals surface area contributed by atoms with Crippen molar-refractivity contribution in [1.82, 2.24) is 5.43 Å². The fourth-order valence-electron chi connectivity index (χ4n) is 3.03. The summed E-state index contributed by atoms with van der Waals surface area (Å²) in [5.74, 6) is 0.561. The monoisotopic (exact) mass is 403 g/mol. The highest BCUT2D eigenvalue weighted by molar-refractivity contribution is 5.85. The molecular weight excluding hydrogens is 386 g/mol. The topological polar surface area (TPSA) is 103 Å². The molecule has 2 atom stereocenters. The molecule has 1 N–H and O–H groups in total. The van der Waals surface area contributed by atoms with E-state index in [0.29, 0.717) is 17.1 Å². The molecule has 0 saturated carbocycles. The highest BCUT2D eigenvalue weighted by Gasteiger charge is 2.38. The van der Waals surface area contributed by atoms with Gasteiger partial charge in [0.1, 0.15) is 0 Å². The van der Waals surface area contributed by atoms with Crippen LogP contribution in [0.2, 0.25) is 0 Å². The first kappa shape index (κ1) is 19.1. The summed E-state index contributed by atoms with van der Waals surface area (Å²) in [6.07, 6.45) is -0.191. The maximum Gasteiger partial charge on any atom is 0.285 e. The number of fused-ring (bicyclic) bond motifs is 1. The van der Waals surface area contributed by atoms with Crippen molar-refractivity contribution in [2.45, 2.75) is 12.2 Å². The molecule has 1 heterocycles. The highest BCUT2D eigenvalue weighted by Crippen LogP contribution is 2.39. The van der Waals surface area contributed by atoms with Crippen molar-refractivity contribution in [3.63, 3.8) is 0 Å². The van der Waals surface area contributed by atoms with Gasteiger partial charge < -0.3 is 9.47 Å². The Bertz CT molecular complexity index is 1080.